The molecular formula is C13H16ClF2N3O. The molecule has 0 unspecified atom stereocenters. The van der Waals surface area contributed by atoms with Gasteiger partial charge in [-0.15, -0.1) is 11.6 Å². The Morgan fingerprint density at radius 2 is 2.25 bits per heavy atom. The van der Waals surface area contributed by atoms with Crippen molar-refractivity contribution >= 4 is 22.8 Å². The molecule has 2 rings (SSSR count). The van der Waals surface area contributed by atoms with Gasteiger partial charge in [-0.25, -0.2) is 18.7 Å². The summed E-state index contributed by atoms with van der Waals surface area (Å²) >= 11 is 5.77. The zero-order valence-corrected chi connectivity index (χ0v) is 11.9. The first-order chi connectivity index (χ1) is 9.63. The highest BCUT2D eigenvalue weighted by Crippen LogP contribution is 2.18. The lowest BCUT2D eigenvalue weighted by Gasteiger charge is -2.08. The first kappa shape index (κ1) is 15.1. The molecular weight excluding hydrogens is 288 g/mol. The Bertz CT molecular complexity index is 574. The molecule has 0 fully saturated rings. The molecule has 0 bridgehead atoms. The van der Waals surface area contributed by atoms with Crippen LogP contribution in [0.2, 0.25) is 0 Å². The highest BCUT2D eigenvalue weighted by molar-refractivity contribution is 6.17. The number of hydrogen-bond donors (Lipinski definition) is 0. The standard InChI is InChI=1S/C13H16ClF2N3O/c1-9-3-5-17-13-12(9)18-11(2-4-14)19(13)6-7-20-8-10(15)16/h3,5,10H,2,4,6-8H2,1H3. The van der Waals surface area contributed by atoms with Gasteiger partial charge in [-0.05, 0) is 18.6 Å². The first-order valence-corrected chi connectivity index (χ1v) is 6.89. The number of aromatic nitrogens is 3. The number of aryl methyl sites for hydroxylation is 2. The summed E-state index contributed by atoms with van der Waals surface area (Å²) in [6, 6.07) is 1.89. The van der Waals surface area contributed by atoms with Crippen LogP contribution in [0.4, 0.5) is 8.78 Å². The predicted octanol–water partition coefficient (Wildman–Crippen LogP) is 2.80. The van der Waals surface area contributed by atoms with Crippen molar-refractivity contribution in [1.82, 2.24) is 14.5 Å². The highest BCUT2D eigenvalue weighted by atomic mass is 35.5. The van der Waals surface area contributed by atoms with E-state index in [0.29, 0.717) is 18.8 Å². The molecule has 0 atom stereocenters. The van der Waals surface area contributed by atoms with Crippen molar-refractivity contribution in [3.8, 4) is 0 Å². The van der Waals surface area contributed by atoms with Crippen molar-refractivity contribution in [2.24, 2.45) is 0 Å². The van der Waals surface area contributed by atoms with Crippen LogP contribution < -0.4 is 0 Å². The lowest BCUT2D eigenvalue weighted by atomic mass is 10.3. The number of rotatable bonds is 7. The molecule has 2 heterocycles. The van der Waals surface area contributed by atoms with Gasteiger partial charge in [-0.3, -0.25) is 0 Å². The van der Waals surface area contributed by atoms with Crippen molar-refractivity contribution in [3.05, 3.63) is 23.7 Å². The van der Waals surface area contributed by atoms with Crippen LogP contribution in [0.3, 0.4) is 0 Å². The molecule has 0 saturated carbocycles. The van der Waals surface area contributed by atoms with Gasteiger partial charge in [-0.2, -0.15) is 0 Å². The zero-order chi connectivity index (χ0) is 14.5. The third kappa shape index (κ3) is 3.43. The van der Waals surface area contributed by atoms with Crippen LogP contribution >= 0.6 is 11.6 Å². The average Bonchev–Trinajstić information content (AvgIpc) is 2.75. The molecule has 0 amide bonds. The summed E-state index contributed by atoms with van der Waals surface area (Å²) in [6.07, 6.45) is -0.135. The molecule has 2 aromatic rings. The van der Waals surface area contributed by atoms with Crippen LogP contribution in [0.5, 0.6) is 0 Å². The topological polar surface area (TPSA) is 39.9 Å². The normalized spacial score (nSPS) is 11.7. The van der Waals surface area contributed by atoms with Crippen LogP contribution in [0.1, 0.15) is 11.4 Å². The average molecular weight is 304 g/mol. The molecule has 4 nitrogen and oxygen atoms in total. The Morgan fingerprint density at radius 3 is 2.95 bits per heavy atom. The second-order valence-electron chi connectivity index (χ2n) is 4.38. The second kappa shape index (κ2) is 6.95. The Balaban J connectivity index is 2.20. The second-order valence-corrected chi connectivity index (χ2v) is 4.76. The number of halogens is 3. The fourth-order valence-electron chi connectivity index (χ4n) is 2.02. The zero-order valence-electron chi connectivity index (χ0n) is 11.2. The van der Waals surface area contributed by atoms with Crippen molar-refractivity contribution in [1.29, 1.82) is 0 Å². The van der Waals surface area contributed by atoms with Crippen LogP contribution in [0, 0.1) is 6.92 Å². The first-order valence-electron chi connectivity index (χ1n) is 6.36. The third-order valence-electron chi connectivity index (χ3n) is 2.94. The van der Waals surface area contributed by atoms with Crippen molar-refractivity contribution in [2.45, 2.75) is 26.3 Å². The van der Waals surface area contributed by atoms with E-state index in [2.05, 4.69) is 9.97 Å². The number of imidazole rings is 1. The molecule has 110 valence electrons. The van der Waals surface area contributed by atoms with Crippen molar-refractivity contribution in [2.75, 3.05) is 19.1 Å². The summed E-state index contributed by atoms with van der Waals surface area (Å²) < 4.78 is 30.9. The van der Waals surface area contributed by atoms with E-state index < -0.39 is 13.0 Å². The van der Waals surface area contributed by atoms with E-state index in [1.165, 1.54) is 0 Å². The summed E-state index contributed by atoms with van der Waals surface area (Å²) in [5, 5.41) is 0. The maximum atomic E-state index is 12.0. The maximum Gasteiger partial charge on any atom is 0.261 e. The van der Waals surface area contributed by atoms with Gasteiger partial charge in [-0.1, -0.05) is 0 Å². The fourth-order valence-corrected chi connectivity index (χ4v) is 2.19. The molecule has 2 aromatic heterocycles. The molecule has 0 spiro atoms. The van der Waals surface area contributed by atoms with E-state index in [1.54, 1.807) is 6.20 Å². The van der Waals surface area contributed by atoms with Gasteiger partial charge < -0.3 is 9.30 Å². The van der Waals surface area contributed by atoms with Gasteiger partial charge in [0, 0.05) is 25.0 Å². The van der Waals surface area contributed by atoms with E-state index in [0.717, 1.165) is 22.6 Å². The number of ether oxygens (including phenoxy) is 1. The summed E-state index contributed by atoms with van der Waals surface area (Å²) in [4.78, 5) is 8.84. The Kier molecular flexibility index (Phi) is 5.25. The van der Waals surface area contributed by atoms with Gasteiger partial charge in [0.2, 0.25) is 0 Å². The predicted molar refractivity (Wildman–Crippen MR) is 73.5 cm³/mol. The maximum absolute atomic E-state index is 12.0. The minimum Gasteiger partial charge on any atom is -0.374 e. The van der Waals surface area contributed by atoms with Gasteiger partial charge in [0.25, 0.3) is 6.43 Å². The Hall–Kier alpha value is -1.27. The lowest BCUT2D eigenvalue weighted by molar-refractivity contribution is 0.0148. The van der Waals surface area contributed by atoms with E-state index in [4.69, 9.17) is 16.3 Å². The summed E-state index contributed by atoms with van der Waals surface area (Å²) in [5.74, 6) is 1.25. The van der Waals surface area contributed by atoms with Gasteiger partial charge in [0.05, 0.1) is 6.61 Å². The molecule has 0 N–H and O–H groups in total. The molecule has 20 heavy (non-hydrogen) atoms. The van der Waals surface area contributed by atoms with E-state index >= 15 is 0 Å². The molecule has 7 heteroatoms. The molecule has 0 saturated heterocycles. The number of nitrogens with zero attached hydrogens (tertiary/aromatic N) is 3. The van der Waals surface area contributed by atoms with Crippen molar-refractivity contribution in [3.63, 3.8) is 0 Å². The molecule has 0 radical (unpaired) electrons. The largest absolute Gasteiger partial charge is 0.374 e. The number of pyridine rings is 1. The molecule has 0 aliphatic rings. The van der Waals surface area contributed by atoms with Crippen LogP contribution in [0.25, 0.3) is 11.2 Å². The van der Waals surface area contributed by atoms with Crippen molar-refractivity contribution < 1.29 is 13.5 Å². The Labute approximate surface area is 120 Å². The van der Waals surface area contributed by atoms with Gasteiger partial charge >= 0.3 is 0 Å². The number of fused-ring (bicyclic) bond motifs is 1. The van der Waals surface area contributed by atoms with E-state index in [9.17, 15) is 8.78 Å². The smallest absolute Gasteiger partial charge is 0.261 e. The number of hydrogen-bond acceptors (Lipinski definition) is 3. The summed E-state index contributed by atoms with van der Waals surface area (Å²) in [5.41, 5.74) is 2.59. The van der Waals surface area contributed by atoms with Crippen LogP contribution in [-0.2, 0) is 17.7 Å². The van der Waals surface area contributed by atoms with E-state index in [-0.39, 0.29) is 6.61 Å². The minimum atomic E-state index is -2.45. The quantitative estimate of drug-likeness (QED) is 0.583. The SMILES string of the molecule is Cc1ccnc2c1nc(CCCl)n2CCOCC(F)F. The van der Waals surface area contributed by atoms with Crippen LogP contribution in [0.15, 0.2) is 12.3 Å². The number of alkyl halides is 3. The molecule has 0 aliphatic heterocycles. The monoisotopic (exact) mass is 303 g/mol. The molecule has 0 aromatic carbocycles. The van der Waals surface area contributed by atoms with Crippen LogP contribution in [-0.4, -0.2) is 40.1 Å². The fraction of sp³-hybridized carbons (Fsp3) is 0.538. The summed E-state index contributed by atoms with van der Waals surface area (Å²) in [7, 11) is 0. The van der Waals surface area contributed by atoms with E-state index in [1.807, 2.05) is 17.6 Å². The molecule has 0 aliphatic carbocycles. The third-order valence-corrected chi connectivity index (χ3v) is 3.12. The minimum absolute atomic E-state index is 0.195. The highest BCUT2D eigenvalue weighted by Gasteiger charge is 2.13. The van der Waals surface area contributed by atoms with Gasteiger partial charge in [0.15, 0.2) is 5.65 Å². The lowest BCUT2D eigenvalue weighted by Crippen LogP contribution is -2.13. The Morgan fingerprint density at radius 1 is 1.45 bits per heavy atom. The van der Waals surface area contributed by atoms with Gasteiger partial charge in [0.1, 0.15) is 17.9 Å². The summed E-state index contributed by atoms with van der Waals surface area (Å²) in [6.45, 7) is 2.04.